The van der Waals surface area contributed by atoms with Crippen molar-refractivity contribution in [3.05, 3.63) is 76.5 Å². The third-order valence-electron chi connectivity index (χ3n) is 3.57. The van der Waals surface area contributed by atoms with Crippen LogP contribution in [0.4, 0.5) is 5.69 Å². The second-order valence-corrected chi connectivity index (χ2v) is 5.65. The molecule has 130 valence electrons. The van der Waals surface area contributed by atoms with Gasteiger partial charge in [-0.2, -0.15) is 10.5 Å². The van der Waals surface area contributed by atoms with Gasteiger partial charge in [-0.15, -0.1) is 0 Å². The first kappa shape index (κ1) is 19.1. The van der Waals surface area contributed by atoms with Crippen molar-refractivity contribution in [2.75, 3.05) is 11.9 Å². The van der Waals surface area contributed by atoms with Gasteiger partial charge in [0.05, 0.1) is 18.6 Å². The molecule has 5 nitrogen and oxygen atoms in total. The van der Waals surface area contributed by atoms with Crippen LogP contribution in [0.15, 0.2) is 60.3 Å². The Bertz CT molecular complexity index is 896. The van der Waals surface area contributed by atoms with Crippen molar-refractivity contribution in [3.8, 4) is 12.1 Å². The SMILES string of the molecule is CCOC(=O)/C(C#N)=C/Nc1ccc([C@@H](C#N)c2ccccc2)c(Cl)c1. The number of hydrogen-bond acceptors (Lipinski definition) is 5. The largest absolute Gasteiger partial charge is 0.462 e. The molecule has 0 bridgehead atoms. The molecule has 0 aliphatic carbocycles. The number of carbonyl (C=O) groups is 1. The molecule has 0 aliphatic rings. The fourth-order valence-electron chi connectivity index (χ4n) is 2.32. The maximum atomic E-state index is 11.6. The van der Waals surface area contributed by atoms with Crippen LogP contribution in [0.2, 0.25) is 5.02 Å². The lowest BCUT2D eigenvalue weighted by atomic mass is 9.92. The lowest BCUT2D eigenvalue weighted by Crippen LogP contribution is -2.08. The van der Waals surface area contributed by atoms with Crippen LogP contribution in [0.3, 0.4) is 0 Å². The fourth-order valence-corrected chi connectivity index (χ4v) is 2.61. The quantitative estimate of drug-likeness (QED) is 0.466. The van der Waals surface area contributed by atoms with E-state index < -0.39 is 11.9 Å². The third kappa shape index (κ3) is 4.63. The topological polar surface area (TPSA) is 85.9 Å². The molecule has 0 amide bonds. The highest BCUT2D eigenvalue weighted by Gasteiger charge is 2.16. The van der Waals surface area contributed by atoms with Crippen LogP contribution in [0.5, 0.6) is 0 Å². The number of esters is 1. The Hall–Kier alpha value is -3.28. The molecule has 0 heterocycles. The summed E-state index contributed by atoms with van der Waals surface area (Å²) in [6.07, 6.45) is 1.27. The number of ether oxygens (including phenoxy) is 1. The van der Waals surface area contributed by atoms with E-state index in [4.69, 9.17) is 21.6 Å². The van der Waals surface area contributed by atoms with Crippen LogP contribution in [0, 0.1) is 22.7 Å². The number of nitrogens with one attached hydrogen (secondary N) is 1. The van der Waals surface area contributed by atoms with E-state index in [2.05, 4.69) is 11.4 Å². The van der Waals surface area contributed by atoms with Crippen molar-refractivity contribution in [1.29, 1.82) is 10.5 Å². The molecule has 0 saturated carbocycles. The van der Waals surface area contributed by atoms with E-state index in [1.807, 2.05) is 30.3 Å². The zero-order chi connectivity index (χ0) is 18.9. The summed E-state index contributed by atoms with van der Waals surface area (Å²) >= 11 is 6.35. The van der Waals surface area contributed by atoms with Crippen LogP contribution in [0.25, 0.3) is 0 Å². The van der Waals surface area contributed by atoms with Crippen LogP contribution >= 0.6 is 11.6 Å². The normalized spacial score (nSPS) is 11.8. The first-order valence-corrected chi connectivity index (χ1v) is 8.26. The predicted molar refractivity (Wildman–Crippen MR) is 99.3 cm³/mol. The van der Waals surface area contributed by atoms with Crippen molar-refractivity contribution in [2.24, 2.45) is 0 Å². The zero-order valence-electron chi connectivity index (χ0n) is 14.1. The fraction of sp³-hybridized carbons (Fsp3) is 0.150. The number of nitrogens with zero attached hydrogens (tertiary/aromatic N) is 2. The monoisotopic (exact) mass is 365 g/mol. The maximum Gasteiger partial charge on any atom is 0.350 e. The molecule has 0 aliphatic heterocycles. The van der Waals surface area contributed by atoms with E-state index in [0.29, 0.717) is 16.3 Å². The number of halogens is 1. The van der Waals surface area contributed by atoms with Crippen LogP contribution < -0.4 is 5.32 Å². The van der Waals surface area contributed by atoms with E-state index in [9.17, 15) is 10.1 Å². The van der Waals surface area contributed by atoms with Crippen molar-refractivity contribution in [2.45, 2.75) is 12.8 Å². The second kappa shape index (κ2) is 9.27. The maximum absolute atomic E-state index is 11.6. The second-order valence-electron chi connectivity index (χ2n) is 5.24. The molecule has 0 aromatic heterocycles. The van der Waals surface area contributed by atoms with E-state index >= 15 is 0 Å². The molecular formula is C20H16ClN3O2. The number of rotatable bonds is 6. The van der Waals surface area contributed by atoms with Crippen molar-refractivity contribution in [3.63, 3.8) is 0 Å². The third-order valence-corrected chi connectivity index (χ3v) is 3.90. The Labute approximate surface area is 157 Å². The van der Waals surface area contributed by atoms with Crippen molar-refractivity contribution in [1.82, 2.24) is 0 Å². The molecule has 6 heteroatoms. The molecule has 0 radical (unpaired) electrons. The summed E-state index contributed by atoms with van der Waals surface area (Å²) in [5.41, 5.74) is 1.97. The van der Waals surface area contributed by atoms with Crippen LogP contribution in [0.1, 0.15) is 24.0 Å². The lowest BCUT2D eigenvalue weighted by Gasteiger charge is -2.13. The average molecular weight is 366 g/mol. The van der Waals surface area contributed by atoms with Gasteiger partial charge in [0.2, 0.25) is 0 Å². The molecule has 0 fully saturated rings. The summed E-state index contributed by atoms with van der Waals surface area (Å²) in [5, 5.41) is 21.8. The summed E-state index contributed by atoms with van der Waals surface area (Å²) in [7, 11) is 0. The number of benzene rings is 2. The summed E-state index contributed by atoms with van der Waals surface area (Å²) < 4.78 is 4.79. The van der Waals surface area contributed by atoms with Gasteiger partial charge in [-0.1, -0.05) is 48.0 Å². The molecule has 26 heavy (non-hydrogen) atoms. The standard InChI is InChI=1S/C20H16ClN3O2/c1-2-26-20(25)15(11-22)13-24-16-8-9-17(19(21)10-16)18(12-23)14-6-4-3-5-7-14/h3-10,13,18,24H,2H2,1H3/b15-13+/t18-/m0/s1. The Kier molecular flexibility index (Phi) is 6.79. The Morgan fingerprint density at radius 1 is 1.27 bits per heavy atom. The Morgan fingerprint density at radius 3 is 2.58 bits per heavy atom. The highest BCUT2D eigenvalue weighted by atomic mass is 35.5. The smallest absolute Gasteiger partial charge is 0.350 e. The highest BCUT2D eigenvalue weighted by Crippen LogP contribution is 2.31. The Morgan fingerprint density at radius 2 is 2.00 bits per heavy atom. The summed E-state index contributed by atoms with van der Waals surface area (Å²) in [6, 6.07) is 18.5. The molecule has 1 atom stereocenters. The zero-order valence-corrected chi connectivity index (χ0v) is 14.8. The van der Waals surface area contributed by atoms with Gasteiger partial charge in [0.1, 0.15) is 6.07 Å². The minimum Gasteiger partial charge on any atom is -0.462 e. The molecule has 2 aromatic carbocycles. The number of carbonyl (C=O) groups excluding carboxylic acids is 1. The van der Waals surface area contributed by atoms with Crippen molar-refractivity contribution >= 4 is 23.3 Å². The molecule has 2 aromatic rings. The summed E-state index contributed by atoms with van der Waals surface area (Å²) in [4.78, 5) is 11.6. The average Bonchev–Trinajstić information content (AvgIpc) is 2.65. The van der Waals surface area contributed by atoms with Crippen LogP contribution in [-0.4, -0.2) is 12.6 Å². The molecule has 2 rings (SSSR count). The van der Waals surface area contributed by atoms with Gasteiger partial charge in [0, 0.05) is 16.9 Å². The molecule has 0 saturated heterocycles. The van der Waals surface area contributed by atoms with Gasteiger partial charge in [-0.25, -0.2) is 4.79 Å². The van der Waals surface area contributed by atoms with E-state index in [1.54, 1.807) is 31.2 Å². The minimum absolute atomic E-state index is 0.147. The van der Waals surface area contributed by atoms with E-state index in [1.165, 1.54) is 6.20 Å². The molecule has 1 N–H and O–H groups in total. The molecule has 0 unspecified atom stereocenters. The van der Waals surface area contributed by atoms with Crippen LogP contribution in [-0.2, 0) is 9.53 Å². The van der Waals surface area contributed by atoms with Gasteiger partial charge in [0.25, 0.3) is 0 Å². The number of anilines is 1. The molecule has 0 spiro atoms. The number of hydrogen-bond donors (Lipinski definition) is 1. The van der Waals surface area contributed by atoms with Gasteiger partial charge >= 0.3 is 5.97 Å². The van der Waals surface area contributed by atoms with Gasteiger partial charge in [-0.05, 0) is 30.2 Å². The van der Waals surface area contributed by atoms with E-state index in [-0.39, 0.29) is 12.2 Å². The predicted octanol–water partition coefficient (Wildman–Crippen LogP) is 4.38. The highest BCUT2D eigenvalue weighted by molar-refractivity contribution is 6.31. The minimum atomic E-state index is -0.696. The van der Waals surface area contributed by atoms with Gasteiger partial charge < -0.3 is 10.1 Å². The summed E-state index contributed by atoms with van der Waals surface area (Å²) in [5.74, 6) is -1.18. The van der Waals surface area contributed by atoms with Gasteiger partial charge in [0.15, 0.2) is 5.57 Å². The first-order chi connectivity index (χ1) is 12.6. The van der Waals surface area contributed by atoms with Crippen molar-refractivity contribution < 1.29 is 9.53 Å². The number of nitriles is 2. The van der Waals surface area contributed by atoms with E-state index in [0.717, 1.165) is 5.56 Å². The van der Waals surface area contributed by atoms with Gasteiger partial charge in [-0.3, -0.25) is 0 Å². The lowest BCUT2D eigenvalue weighted by molar-refractivity contribution is -0.138. The Balaban J connectivity index is 2.23. The molecular weight excluding hydrogens is 350 g/mol. The summed E-state index contributed by atoms with van der Waals surface area (Å²) in [6.45, 7) is 1.85. The first-order valence-electron chi connectivity index (χ1n) is 7.88.